The van der Waals surface area contributed by atoms with E-state index in [2.05, 4.69) is 29.5 Å². The Kier molecular flexibility index (Phi) is 5.69. The maximum absolute atomic E-state index is 13.1. The summed E-state index contributed by atoms with van der Waals surface area (Å²) in [4.78, 5) is 30.4. The van der Waals surface area contributed by atoms with Crippen molar-refractivity contribution in [3.63, 3.8) is 0 Å². The number of nitrogens with zero attached hydrogens (tertiary/aromatic N) is 1. The minimum absolute atomic E-state index is 0.254. The van der Waals surface area contributed by atoms with E-state index in [-0.39, 0.29) is 17.7 Å². The Labute approximate surface area is 171 Å². The fraction of sp³-hybridized carbons (Fsp3) is 0.292. The molecule has 29 heavy (non-hydrogen) atoms. The van der Waals surface area contributed by atoms with E-state index in [1.165, 1.54) is 0 Å². The summed E-state index contributed by atoms with van der Waals surface area (Å²) in [7, 11) is 0. The van der Waals surface area contributed by atoms with Crippen molar-refractivity contribution in [3.8, 4) is 0 Å². The highest BCUT2D eigenvalue weighted by atomic mass is 16.2. The molecule has 0 aliphatic rings. The van der Waals surface area contributed by atoms with Gasteiger partial charge in [0.1, 0.15) is 5.41 Å². The van der Waals surface area contributed by atoms with Crippen LogP contribution >= 0.6 is 0 Å². The number of anilines is 2. The van der Waals surface area contributed by atoms with Crippen LogP contribution in [0.5, 0.6) is 0 Å². The van der Waals surface area contributed by atoms with Gasteiger partial charge in [0.05, 0.1) is 11.2 Å². The van der Waals surface area contributed by atoms with E-state index in [9.17, 15) is 9.59 Å². The molecule has 1 heterocycles. The number of aryl methyl sites for hydroxylation is 1. The van der Waals surface area contributed by atoms with Crippen LogP contribution in [0.3, 0.4) is 0 Å². The maximum Gasteiger partial charge on any atom is 0.239 e. The molecule has 150 valence electrons. The van der Waals surface area contributed by atoms with Crippen LogP contribution in [0.1, 0.15) is 44.7 Å². The van der Waals surface area contributed by atoms with Gasteiger partial charge in [0.2, 0.25) is 11.8 Å². The summed E-state index contributed by atoms with van der Waals surface area (Å²) < 4.78 is 0. The van der Waals surface area contributed by atoms with E-state index in [1.807, 2.05) is 49.4 Å². The van der Waals surface area contributed by atoms with Gasteiger partial charge >= 0.3 is 0 Å². The summed E-state index contributed by atoms with van der Waals surface area (Å²) >= 11 is 0. The number of carbonyl (C=O) groups is 2. The molecule has 5 nitrogen and oxygen atoms in total. The molecule has 0 fully saturated rings. The molecule has 0 unspecified atom stereocenters. The summed E-state index contributed by atoms with van der Waals surface area (Å²) in [5.74, 6) is -0.476. The van der Waals surface area contributed by atoms with Crippen LogP contribution < -0.4 is 10.6 Å². The quantitative estimate of drug-likeness (QED) is 0.584. The molecule has 1 aromatic heterocycles. The third kappa shape index (κ3) is 4.14. The highest BCUT2D eigenvalue weighted by molar-refractivity contribution is 6.15. The summed E-state index contributed by atoms with van der Waals surface area (Å²) in [5, 5.41) is 6.80. The molecule has 0 atom stereocenters. The summed E-state index contributed by atoms with van der Waals surface area (Å²) in [6, 6.07) is 15.3. The predicted octanol–water partition coefficient (Wildman–Crippen LogP) is 5.27. The molecule has 5 heteroatoms. The SMILES string of the molecule is Cc1cccc(C(C)C)c1NC(=O)C(C)(C)C(=O)Nc1cccc2cccnc12. The Morgan fingerprint density at radius 3 is 2.31 bits per heavy atom. The zero-order valence-corrected chi connectivity index (χ0v) is 17.5. The third-order valence-corrected chi connectivity index (χ3v) is 5.18. The van der Waals surface area contributed by atoms with Gasteiger partial charge in [-0.05, 0) is 49.9 Å². The maximum atomic E-state index is 13.1. The molecule has 2 amide bonds. The monoisotopic (exact) mass is 389 g/mol. The van der Waals surface area contributed by atoms with Crippen LogP contribution in [0.4, 0.5) is 11.4 Å². The molecule has 2 aromatic carbocycles. The zero-order valence-electron chi connectivity index (χ0n) is 17.5. The topological polar surface area (TPSA) is 71.1 Å². The average Bonchev–Trinajstić information content (AvgIpc) is 2.69. The van der Waals surface area contributed by atoms with Gasteiger partial charge in [-0.3, -0.25) is 14.6 Å². The predicted molar refractivity (Wildman–Crippen MR) is 118 cm³/mol. The number of pyridine rings is 1. The van der Waals surface area contributed by atoms with Crippen LogP contribution in [-0.2, 0) is 9.59 Å². The summed E-state index contributed by atoms with van der Waals surface area (Å²) in [6.07, 6.45) is 1.68. The number of hydrogen-bond donors (Lipinski definition) is 2. The van der Waals surface area contributed by atoms with Crippen molar-refractivity contribution in [2.24, 2.45) is 5.41 Å². The van der Waals surface area contributed by atoms with Crippen LogP contribution in [0.25, 0.3) is 10.9 Å². The second-order valence-corrected chi connectivity index (χ2v) is 8.11. The largest absolute Gasteiger partial charge is 0.325 e. The van der Waals surface area contributed by atoms with Gasteiger partial charge in [0.15, 0.2) is 0 Å². The Morgan fingerprint density at radius 1 is 0.931 bits per heavy atom. The van der Waals surface area contributed by atoms with Gasteiger partial charge in [-0.15, -0.1) is 0 Å². The zero-order chi connectivity index (χ0) is 21.2. The second-order valence-electron chi connectivity index (χ2n) is 8.11. The fourth-order valence-electron chi connectivity index (χ4n) is 3.20. The first-order chi connectivity index (χ1) is 13.7. The number of fused-ring (bicyclic) bond motifs is 1. The van der Waals surface area contributed by atoms with E-state index >= 15 is 0 Å². The summed E-state index contributed by atoms with van der Waals surface area (Å²) in [5.41, 5.74) is 2.81. The van der Waals surface area contributed by atoms with Crippen molar-refractivity contribution in [2.75, 3.05) is 10.6 Å². The Bertz CT molecular complexity index is 1070. The second kappa shape index (κ2) is 8.03. The van der Waals surface area contributed by atoms with Crippen LogP contribution in [0, 0.1) is 12.3 Å². The molecule has 0 saturated heterocycles. The molecule has 0 spiro atoms. The molecule has 0 saturated carbocycles. The van der Waals surface area contributed by atoms with Gasteiger partial charge in [0, 0.05) is 17.3 Å². The standard InChI is InChI=1S/C24H27N3O2/c1-15(2)18-12-6-9-16(3)20(18)27-23(29)24(4,5)22(28)26-19-13-7-10-17-11-8-14-25-21(17)19/h6-15H,1-5H3,(H,26,28)(H,27,29). The molecule has 2 N–H and O–H groups in total. The molecule has 0 aliphatic heterocycles. The number of carbonyl (C=O) groups excluding carboxylic acids is 2. The number of rotatable bonds is 5. The lowest BCUT2D eigenvalue weighted by molar-refractivity contribution is -0.135. The third-order valence-electron chi connectivity index (χ3n) is 5.18. The molecule has 0 radical (unpaired) electrons. The number of aromatic nitrogens is 1. The Hall–Kier alpha value is -3.21. The van der Waals surface area contributed by atoms with E-state index < -0.39 is 5.41 Å². The molecule has 3 rings (SSSR count). The van der Waals surface area contributed by atoms with Crippen molar-refractivity contribution in [2.45, 2.75) is 40.5 Å². The molecule has 3 aromatic rings. The van der Waals surface area contributed by atoms with E-state index in [0.717, 1.165) is 22.2 Å². The lowest BCUT2D eigenvalue weighted by atomic mass is 9.89. The number of amides is 2. The average molecular weight is 389 g/mol. The summed E-state index contributed by atoms with van der Waals surface area (Å²) in [6.45, 7) is 9.37. The van der Waals surface area contributed by atoms with Gasteiger partial charge < -0.3 is 10.6 Å². The minimum atomic E-state index is -1.27. The first kappa shape index (κ1) is 20.5. The fourth-order valence-corrected chi connectivity index (χ4v) is 3.20. The van der Waals surface area contributed by atoms with Gasteiger partial charge in [-0.1, -0.05) is 50.2 Å². The first-order valence-electron chi connectivity index (χ1n) is 9.78. The smallest absolute Gasteiger partial charge is 0.239 e. The van der Waals surface area contributed by atoms with Gasteiger partial charge in [0.25, 0.3) is 0 Å². The number of benzene rings is 2. The van der Waals surface area contributed by atoms with E-state index in [1.54, 1.807) is 26.1 Å². The van der Waals surface area contributed by atoms with Crippen molar-refractivity contribution in [1.82, 2.24) is 4.98 Å². The van der Waals surface area contributed by atoms with Gasteiger partial charge in [-0.25, -0.2) is 0 Å². The van der Waals surface area contributed by atoms with E-state index in [0.29, 0.717) is 11.2 Å². The van der Waals surface area contributed by atoms with Crippen molar-refractivity contribution in [3.05, 3.63) is 65.9 Å². The number of para-hydroxylation sites is 2. The van der Waals surface area contributed by atoms with Crippen molar-refractivity contribution >= 4 is 34.1 Å². The minimum Gasteiger partial charge on any atom is -0.325 e. The van der Waals surface area contributed by atoms with Crippen molar-refractivity contribution in [1.29, 1.82) is 0 Å². The van der Waals surface area contributed by atoms with Crippen LogP contribution in [0.15, 0.2) is 54.7 Å². The Morgan fingerprint density at radius 2 is 1.59 bits per heavy atom. The van der Waals surface area contributed by atoms with Crippen LogP contribution in [-0.4, -0.2) is 16.8 Å². The lowest BCUT2D eigenvalue weighted by Crippen LogP contribution is -2.42. The highest BCUT2D eigenvalue weighted by Gasteiger charge is 2.37. The van der Waals surface area contributed by atoms with Crippen LogP contribution in [0.2, 0.25) is 0 Å². The molecule has 0 aliphatic carbocycles. The van der Waals surface area contributed by atoms with Crippen molar-refractivity contribution < 1.29 is 9.59 Å². The normalized spacial score (nSPS) is 11.5. The van der Waals surface area contributed by atoms with E-state index in [4.69, 9.17) is 0 Å². The Balaban J connectivity index is 1.85. The molecular formula is C24H27N3O2. The highest BCUT2D eigenvalue weighted by Crippen LogP contribution is 2.30. The molecule has 0 bridgehead atoms. The number of hydrogen-bond acceptors (Lipinski definition) is 3. The first-order valence-corrected chi connectivity index (χ1v) is 9.78. The van der Waals surface area contributed by atoms with Gasteiger partial charge in [-0.2, -0.15) is 0 Å². The number of nitrogens with one attached hydrogen (secondary N) is 2. The lowest BCUT2D eigenvalue weighted by Gasteiger charge is -2.25. The molecular weight excluding hydrogens is 362 g/mol.